The number of β-amino-alcohol motifs (C(OH)–C–C–N with tert-alkyl or cyclic N) is 1. The fourth-order valence-electron chi connectivity index (χ4n) is 4.08. The molecular weight excluding hydrogens is 352 g/mol. The zero-order valence-corrected chi connectivity index (χ0v) is 16.2. The van der Waals surface area contributed by atoms with Gasteiger partial charge < -0.3 is 15.7 Å². The summed E-state index contributed by atoms with van der Waals surface area (Å²) in [6.07, 6.45) is 1.64. The predicted molar refractivity (Wildman–Crippen MR) is 99.7 cm³/mol. The van der Waals surface area contributed by atoms with Gasteiger partial charge in [0.2, 0.25) is 5.91 Å². The summed E-state index contributed by atoms with van der Waals surface area (Å²) in [5, 5.41) is 15.8. The molecule has 0 radical (unpaired) electrons. The van der Waals surface area contributed by atoms with Crippen LogP contribution in [0.5, 0.6) is 0 Å². The van der Waals surface area contributed by atoms with E-state index in [9.17, 15) is 18.3 Å². The van der Waals surface area contributed by atoms with Crippen LogP contribution >= 0.6 is 0 Å². The molecule has 144 valence electrons. The number of hydrogen-bond donors (Lipinski definition) is 3. The minimum absolute atomic E-state index is 0.0826. The largest absolute Gasteiger partial charge is 0.391 e. The molecule has 7 heteroatoms. The van der Waals surface area contributed by atoms with Gasteiger partial charge in [0.15, 0.2) is 14.6 Å². The van der Waals surface area contributed by atoms with Crippen molar-refractivity contribution in [1.29, 1.82) is 0 Å². The van der Waals surface area contributed by atoms with Crippen molar-refractivity contribution in [3.05, 3.63) is 29.3 Å². The number of carbonyl (C=O) groups is 1. The van der Waals surface area contributed by atoms with Crippen molar-refractivity contribution in [3.63, 3.8) is 0 Å². The van der Waals surface area contributed by atoms with Crippen LogP contribution in [0.15, 0.2) is 23.1 Å². The number of aliphatic hydroxyl groups excluding tert-OH is 1. The third kappa shape index (κ3) is 3.28. The molecule has 1 saturated carbocycles. The van der Waals surface area contributed by atoms with Crippen LogP contribution < -0.4 is 10.6 Å². The monoisotopic (exact) mass is 380 g/mol. The Kier molecular flexibility index (Phi) is 5.42. The van der Waals surface area contributed by atoms with Crippen LogP contribution in [-0.4, -0.2) is 49.9 Å². The Morgan fingerprint density at radius 2 is 1.96 bits per heavy atom. The maximum Gasteiger partial charge on any atom is 0.241 e. The van der Waals surface area contributed by atoms with Gasteiger partial charge in [-0.1, -0.05) is 25.0 Å². The van der Waals surface area contributed by atoms with Crippen molar-refractivity contribution >= 4 is 15.7 Å². The Balaban J connectivity index is 1.89. The van der Waals surface area contributed by atoms with Gasteiger partial charge in [0, 0.05) is 25.6 Å². The third-order valence-corrected chi connectivity index (χ3v) is 8.44. The van der Waals surface area contributed by atoms with E-state index in [2.05, 4.69) is 10.6 Å². The predicted octanol–water partition coefficient (Wildman–Crippen LogP) is 1.09. The Morgan fingerprint density at radius 1 is 1.27 bits per heavy atom. The molecule has 2 atom stereocenters. The average Bonchev–Trinajstić information content (AvgIpc) is 3.25. The molecule has 2 unspecified atom stereocenters. The molecule has 1 aromatic rings. The van der Waals surface area contributed by atoms with Gasteiger partial charge in [0.05, 0.1) is 11.0 Å². The standard InChI is InChI=1S/C19H28N2O4S/c1-13-5-6-14(2)17(9-13)26(24,25)19(7-3-4-8-19)18(23)21-11-15-10-20-12-16(15)22/h5-6,9,15-16,20,22H,3-4,7-8,10-12H2,1-2H3,(H,21,23). The number of hydrogen-bond acceptors (Lipinski definition) is 5. The van der Waals surface area contributed by atoms with E-state index in [0.29, 0.717) is 31.5 Å². The fraction of sp³-hybridized carbons (Fsp3) is 0.632. The van der Waals surface area contributed by atoms with Crippen LogP contribution in [0.3, 0.4) is 0 Å². The highest BCUT2D eigenvalue weighted by Gasteiger charge is 2.53. The molecule has 1 amide bonds. The SMILES string of the molecule is Cc1ccc(C)c(S(=O)(=O)C2(C(=O)NCC3CNCC3O)CCCC2)c1. The highest BCUT2D eigenvalue weighted by atomic mass is 32.2. The van der Waals surface area contributed by atoms with E-state index >= 15 is 0 Å². The van der Waals surface area contributed by atoms with E-state index in [0.717, 1.165) is 18.4 Å². The van der Waals surface area contributed by atoms with E-state index in [-0.39, 0.29) is 17.4 Å². The topological polar surface area (TPSA) is 95.5 Å². The van der Waals surface area contributed by atoms with Gasteiger partial charge in [0.1, 0.15) is 0 Å². The van der Waals surface area contributed by atoms with Gasteiger partial charge in [0.25, 0.3) is 0 Å². The number of sulfone groups is 1. The minimum atomic E-state index is -3.80. The summed E-state index contributed by atoms with van der Waals surface area (Å²) in [7, 11) is -3.80. The smallest absolute Gasteiger partial charge is 0.241 e. The van der Waals surface area contributed by atoms with Gasteiger partial charge in [-0.05, 0) is 43.9 Å². The van der Waals surface area contributed by atoms with Crippen LogP contribution in [0.4, 0.5) is 0 Å². The lowest BCUT2D eigenvalue weighted by Crippen LogP contribution is -2.52. The number of aryl methyl sites for hydroxylation is 2. The Morgan fingerprint density at radius 3 is 2.58 bits per heavy atom. The molecule has 0 spiro atoms. The van der Waals surface area contributed by atoms with Crippen LogP contribution in [0, 0.1) is 19.8 Å². The van der Waals surface area contributed by atoms with Crippen molar-refractivity contribution < 1.29 is 18.3 Å². The van der Waals surface area contributed by atoms with E-state index in [1.54, 1.807) is 19.1 Å². The molecule has 6 nitrogen and oxygen atoms in total. The summed E-state index contributed by atoms with van der Waals surface area (Å²) in [5.74, 6) is -0.504. The van der Waals surface area contributed by atoms with Crippen molar-refractivity contribution in [1.82, 2.24) is 10.6 Å². The summed E-state index contributed by atoms with van der Waals surface area (Å²) in [6.45, 7) is 5.05. The third-order valence-electron chi connectivity index (χ3n) is 5.80. The van der Waals surface area contributed by atoms with Gasteiger partial charge in [-0.3, -0.25) is 4.79 Å². The van der Waals surface area contributed by atoms with E-state index in [1.165, 1.54) is 0 Å². The first-order valence-electron chi connectivity index (χ1n) is 9.27. The molecule has 1 heterocycles. The summed E-state index contributed by atoms with van der Waals surface area (Å²) < 4.78 is 25.6. The molecule has 0 bridgehead atoms. The highest BCUT2D eigenvalue weighted by Crippen LogP contribution is 2.41. The van der Waals surface area contributed by atoms with Crippen LogP contribution in [0.1, 0.15) is 36.8 Å². The number of aliphatic hydroxyl groups is 1. The quantitative estimate of drug-likeness (QED) is 0.711. The summed E-state index contributed by atoms with van der Waals surface area (Å²) in [6, 6.07) is 5.34. The second-order valence-electron chi connectivity index (χ2n) is 7.67. The molecule has 2 aliphatic rings. The van der Waals surface area contributed by atoms with Crippen molar-refractivity contribution in [2.24, 2.45) is 5.92 Å². The molecule has 1 aliphatic heterocycles. The zero-order chi connectivity index (χ0) is 18.9. The fourth-order valence-corrected chi connectivity index (χ4v) is 6.48. The van der Waals surface area contributed by atoms with E-state index < -0.39 is 26.6 Å². The number of rotatable bonds is 5. The summed E-state index contributed by atoms with van der Waals surface area (Å²) in [5.41, 5.74) is 1.54. The molecular formula is C19H28N2O4S. The first kappa shape index (κ1) is 19.3. The first-order chi connectivity index (χ1) is 12.3. The van der Waals surface area contributed by atoms with Crippen LogP contribution in [-0.2, 0) is 14.6 Å². The maximum atomic E-state index is 13.5. The van der Waals surface area contributed by atoms with Gasteiger partial charge in [-0.15, -0.1) is 0 Å². The Hall–Kier alpha value is -1.44. The lowest BCUT2D eigenvalue weighted by molar-refractivity contribution is -0.123. The average molecular weight is 381 g/mol. The number of amides is 1. The number of nitrogens with one attached hydrogen (secondary N) is 2. The summed E-state index contributed by atoms with van der Waals surface area (Å²) in [4.78, 5) is 13.3. The van der Waals surface area contributed by atoms with Crippen molar-refractivity contribution in [3.8, 4) is 0 Å². The lowest BCUT2D eigenvalue weighted by atomic mass is 10.0. The van der Waals surface area contributed by atoms with E-state index in [1.807, 2.05) is 13.0 Å². The van der Waals surface area contributed by atoms with Crippen LogP contribution in [0.2, 0.25) is 0 Å². The van der Waals surface area contributed by atoms with Gasteiger partial charge in [-0.25, -0.2) is 8.42 Å². The first-order valence-corrected chi connectivity index (χ1v) is 10.8. The van der Waals surface area contributed by atoms with Gasteiger partial charge >= 0.3 is 0 Å². The molecule has 1 aliphatic carbocycles. The molecule has 2 fully saturated rings. The van der Waals surface area contributed by atoms with Crippen LogP contribution in [0.25, 0.3) is 0 Å². The molecule has 1 aromatic carbocycles. The lowest BCUT2D eigenvalue weighted by Gasteiger charge is -2.29. The van der Waals surface area contributed by atoms with E-state index in [4.69, 9.17) is 0 Å². The number of carbonyl (C=O) groups excluding carboxylic acids is 1. The van der Waals surface area contributed by atoms with Crippen molar-refractivity contribution in [2.45, 2.75) is 55.3 Å². The Labute approximate surface area is 155 Å². The second kappa shape index (κ2) is 7.29. The highest BCUT2D eigenvalue weighted by molar-refractivity contribution is 7.93. The zero-order valence-electron chi connectivity index (χ0n) is 15.4. The molecule has 3 N–H and O–H groups in total. The second-order valence-corrected chi connectivity index (χ2v) is 9.90. The normalized spacial score (nSPS) is 25.3. The summed E-state index contributed by atoms with van der Waals surface area (Å²) >= 11 is 0. The Bertz CT molecular complexity index is 785. The molecule has 1 saturated heterocycles. The molecule has 26 heavy (non-hydrogen) atoms. The molecule has 3 rings (SSSR count). The maximum absolute atomic E-state index is 13.5. The minimum Gasteiger partial charge on any atom is -0.391 e. The molecule has 0 aromatic heterocycles. The number of benzene rings is 1. The van der Waals surface area contributed by atoms with Crippen molar-refractivity contribution in [2.75, 3.05) is 19.6 Å². The van der Waals surface area contributed by atoms with Gasteiger partial charge in [-0.2, -0.15) is 0 Å².